The Labute approximate surface area is 158 Å². The van der Waals surface area contributed by atoms with E-state index in [0.29, 0.717) is 27.7 Å². The van der Waals surface area contributed by atoms with Crippen molar-refractivity contribution in [1.82, 2.24) is 9.78 Å². The van der Waals surface area contributed by atoms with Gasteiger partial charge < -0.3 is 10.6 Å². The van der Waals surface area contributed by atoms with Gasteiger partial charge in [0.1, 0.15) is 17.7 Å². The summed E-state index contributed by atoms with van der Waals surface area (Å²) < 4.78 is 14.7. The molecule has 4 rings (SSSR count). The molecule has 2 heterocycles. The summed E-state index contributed by atoms with van der Waals surface area (Å²) in [5.74, 6) is -0.594. The highest BCUT2D eigenvalue weighted by molar-refractivity contribution is 6.30. The first kappa shape index (κ1) is 17.2. The molecule has 8 heteroatoms. The number of aromatic nitrogens is 2. The minimum Gasteiger partial charge on any atom is -0.324 e. The number of nitrogens with zero attached hydrogens (tertiary/aromatic N) is 2. The lowest BCUT2D eigenvalue weighted by atomic mass is 10.1. The number of amides is 2. The monoisotopic (exact) mass is 384 g/mol. The minimum atomic E-state index is -0.793. The fourth-order valence-electron chi connectivity index (χ4n) is 2.97. The van der Waals surface area contributed by atoms with E-state index >= 15 is 0 Å². The van der Waals surface area contributed by atoms with E-state index in [1.54, 1.807) is 42.6 Å². The van der Waals surface area contributed by atoms with Crippen LogP contribution in [-0.4, -0.2) is 21.6 Å². The summed E-state index contributed by atoms with van der Waals surface area (Å²) >= 11 is 5.85. The second-order valence-electron chi connectivity index (χ2n) is 6.12. The van der Waals surface area contributed by atoms with E-state index in [1.807, 2.05) is 0 Å². The molecule has 1 aliphatic heterocycles. The molecule has 1 atom stereocenters. The number of hydrogen-bond acceptors (Lipinski definition) is 3. The molecule has 2 N–H and O–H groups in total. The number of anilines is 2. The number of benzene rings is 2. The summed E-state index contributed by atoms with van der Waals surface area (Å²) in [7, 11) is 0. The van der Waals surface area contributed by atoms with Gasteiger partial charge in [0.25, 0.3) is 0 Å². The Morgan fingerprint density at radius 1 is 1.19 bits per heavy atom. The zero-order valence-electron chi connectivity index (χ0n) is 13.9. The molecule has 0 saturated heterocycles. The number of rotatable bonds is 3. The average molecular weight is 385 g/mol. The quantitative estimate of drug-likeness (QED) is 0.719. The molecule has 6 nitrogen and oxygen atoms in total. The van der Waals surface area contributed by atoms with Gasteiger partial charge in [0, 0.05) is 16.3 Å². The minimum absolute atomic E-state index is 0.0308. The van der Waals surface area contributed by atoms with Crippen LogP contribution in [0, 0.1) is 5.82 Å². The Hall–Kier alpha value is -3.19. The topological polar surface area (TPSA) is 76.0 Å². The maximum absolute atomic E-state index is 13.2. The molecule has 1 aromatic heterocycles. The van der Waals surface area contributed by atoms with Gasteiger partial charge in [-0.1, -0.05) is 23.7 Å². The lowest BCUT2D eigenvalue weighted by molar-refractivity contribution is -0.125. The van der Waals surface area contributed by atoms with Gasteiger partial charge in [-0.3, -0.25) is 9.59 Å². The van der Waals surface area contributed by atoms with Gasteiger partial charge in [-0.2, -0.15) is 5.10 Å². The fraction of sp³-hybridized carbons (Fsp3) is 0.105. The zero-order valence-corrected chi connectivity index (χ0v) is 14.7. The van der Waals surface area contributed by atoms with Crippen molar-refractivity contribution in [2.75, 3.05) is 10.6 Å². The smallest absolute Gasteiger partial charge is 0.249 e. The van der Waals surface area contributed by atoms with Gasteiger partial charge in [-0.05, 0) is 42.0 Å². The van der Waals surface area contributed by atoms with E-state index in [9.17, 15) is 14.0 Å². The van der Waals surface area contributed by atoms with E-state index in [2.05, 4.69) is 15.7 Å². The molecule has 0 bridgehead atoms. The molecule has 2 amide bonds. The second kappa shape index (κ2) is 6.85. The van der Waals surface area contributed by atoms with Gasteiger partial charge in [-0.25, -0.2) is 9.07 Å². The van der Waals surface area contributed by atoms with Crippen LogP contribution in [0.5, 0.6) is 0 Å². The molecule has 0 radical (unpaired) electrons. The summed E-state index contributed by atoms with van der Waals surface area (Å²) in [6.07, 6.45) is 1.52. The SMILES string of the molecule is O=C1C[C@@H](C(=O)Nc2ccc(Cl)cc2)n2ncc(-c3ccc(F)cc3)c2N1. The molecule has 0 aliphatic carbocycles. The fourth-order valence-corrected chi connectivity index (χ4v) is 3.10. The number of carbonyl (C=O) groups excluding carboxylic acids is 2. The van der Waals surface area contributed by atoms with Crippen LogP contribution in [0.15, 0.2) is 54.7 Å². The number of fused-ring (bicyclic) bond motifs is 1. The number of carbonyl (C=O) groups is 2. The van der Waals surface area contributed by atoms with E-state index in [4.69, 9.17) is 11.6 Å². The molecule has 0 fully saturated rings. The van der Waals surface area contributed by atoms with Crippen molar-refractivity contribution in [3.63, 3.8) is 0 Å². The largest absolute Gasteiger partial charge is 0.324 e. The van der Waals surface area contributed by atoms with Crippen molar-refractivity contribution >= 4 is 34.9 Å². The Bertz CT molecular complexity index is 1020. The Kier molecular flexibility index (Phi) is 4.37. The van der Waals surface area contributed by atoms with Crippen molar-refractivity contribution in [1.29, 1.82) is 0 Å². The first-order valence-corrected chi connectivity index (χ1v) is 8.59. The predicted octanol–water partition coefficient (Wildman–Crippen LogP) is 3.86. The van der Waals surface area contributed by atoms with E-state index in [-0.39, 0.29) is 24.1 Å². The number of hydrogen-bond donors (Lipinski definition) is 2. The van der Waals surface area contributed by atoms with Crippen molar-refractivity contribution in [3.8, 4) is 11.1 Å². The Morgan fingerprint density at radius 3 is 2.59 bits per heavy atom. The Balaban J connectivity index is 1.65. The van der Waals surface area contributed by atoms with Crippen LogP contribution in [-0.2, 0) is 9.59 Å². The molecule has 2 aromatic carbocycles. The van der Waals surface area contributed by atoms with Crippen molar-refractivity contribution < 1.29 is 14.0 Å². The van der Waals surface area contributed by atoms with Crippen LogP contribution < -0.4 is 10.6 Å². The molecule has 0 saturated carbocycles. The normalized spacial score (nSPS) is 15.8. The van der Waals surface area contributed by atoms with Crippen LogP contribution in [0.1, 0.15) is 12.5 Å². The van der Waals surface area contributed by atoms with Crippen LogP contribution in [0.2, 0.25) is 5.02 Å². The third kappa shape index (κ3) is 3.41. The number of nitrogens with one attached hydrogen (secondary N) is 2. The second-order valence-corrected chi connectivity index (χ2v) is 6.56. The molecule has 27 heavy (non-hydrogen) atoms. The predicted molar refractivity (Wildman–Crippen MR) is 100.0 cm³/mol. The van der Waals surface area contributed by atoms with Gasteiger partial charge in [-0.15, -0.1) is 0 Å². The van der Waals surface area contributed by atoms with Crippen LogP contribution >= 0.6 is 11.6 Å². The van der Waals surface area contributed by atoms with Gasteiger partial charge in [0.05, 0.1) is 12.6 Å². The maximum Gasteiger partial charge on any atom is 0.249 e. The molecule has 3 aromatic rings. The highest BCUT2D eigenvalue weighted by Crippen LogP contribution is 2.34. The summed E-state index contributed by atoms with van der Waals surface area (Å²) in [5.41, 5.74) is 1.88. The highest BCUT2D eigenvalue weighted by atomic mass is 35.5. The molecule has 0 spiro atoms. The van der Waals surface area contributed by atoms with Gasteiger partial charge >= 0.3 is 0 Å². The van der Waals surface area contributed by atoms with Crippen molar-refractivity contribution in [3.05, 3.63) is 65.6 Å². The lowest BCUT2D eigenvalue weighted by Crippen LogP contribution is -2.35. The van der Waals surface area contributed by atoms with E-state index < -0.39 is 6.04 Å². The van der Waals surface area contributed by atoms with Gasteiger partial charge in [0.2, 0.25) is 11.8 Å². The average Bonchev–Trinajstić information content (AvgIpc) is 3.07. The molecular formula is C19H14ClFN4O2. The van der Waals surface area contributed by atoms with Crippen molar-refractivity contribution in [2.45, 2.75) is 12.5 Å². The Morgan fingerprint density at radius 2 is 1.89 bits per heavy atom. The summed E-state index contributed by atoms with van der Waals surface area (Å²) in [6, 6.07) is 11.7. The third-order valence-electron chi connectivity index (χ3n) is 4.30. The lowest BCUT2D eigenvalue weighted by Gasteiger charge is -2.24. The van der Waals surface area contributed by atoms with E-state index in [1.165, 1.54) is 16.8 Å². The maximum atomic E-state index is 13.2. The third-order valence-corrected chi connectivity index (χ3v) is 4.55. The standard InChI is InChI=1S/C19H14ClFN4O2/c20-12-3-7-14(8-4-12)23-19(27)16-9-17(26)24-18-15(10-22-25(16)18)11-1-5-13(21)6-2-11/h1-8,10,16H,9H2,(H,23,27)(H,24,26)/t16-/m0/s1. The highest BCUT2D eigenvalue weighted by Gasteiger charge is 2.33. The van der Waals surface area contributed by atoms with Crippen LogP contribution in [0.3, 0.4) is 0 Å². The summed E-state index contributed by atoms with van der Waals surface area (Å²) in [4.78, 5) is 24.9. The first-order valence-electron chi connectivity index (χ1n) is 8.21. The molecular weight excluding hydrogens is 371 g/mol. The number of halogens is 2. The van der Waals surface area contributed by atoms with Crippen LogP contribution in [0.4, 0.5) is 15.9 Å². The molecule has 136 valence electrons. The summed E-state index contributed by atoms with van der Waals surface area (Å²) in [6.45, 7) is 0. The first-order chi connectivity index (χ1) is 13.0. The molecule has 0 unspecified atom stereocenters. The van der Waals surface area contributed by atoms with Gasteiger partial charge in [0.15, 0.2) is 0 Å². The van der Waals surface area contributed by atoms with Crippen LogP contribution in [0.25, 0.3) is 11.1 Å². The van der Waals surface area contributed by atoms with Crippen molar-refractivity contribution in [2.24, 2.45) is 0 Å². The molecule has 1 aliphatic rings. The zero-order chi connectivity index (χ0) is 19.0. The summed E-state index contributed by atoms with van der Waals surface area (Å²) in [5, 5.41) is 10.4. The van der Waals surface area contributed by atoms with E-state index in [0.717, 1.165) is 0 Å².